The Morgan fingerprint density at radius 1 is 1.36 bits per heavy atom. The third-order valence-corrected chi connectivity index (χ3v) is 4.00. The number of aromatic nitrogens is 2. The van der Waals surface area contributed by atoms with Gasteiger partial charge in [0.2, 0.25) is 0 Å². The lowest BCUT2D eigenvalue weighted by Gasteiger charge is -2.26. The number of carbonyl (C=O) groups is 2. The highest BCUT2D eigenvalue weighted by Gasteiger charge is 2.28. The van der Waals surface area contributed by atoms with Gasteiger partial charge in [0.25, 0.3) is 0 Å². The van der Waals surface area contributed by atoms with Gasteiger partial charge in [-0.2, -0.15) is 0 Å². The zero-order valence-electron chi connectivity index (χ0n) is 14.4. The van der Waals surface area contributed by atoms with Crippen LogP contribution in [0.5, 0.6) is 0 Å². The van der Waals surface area contributed by atoms with E-state index in [2.05, 4.69) is 5.32 Å². The average Bonchev–Trinajstić information content (AvgIpc) is 2.72. The number of carboxylic acid groups (broad SMARTS) is 1. The fourth-order valence-corrected chi connectivity index (χ4v) is 3.20. The standard InChI is InChI=1S/C17H21N3O5/c1-17(2,3)25-15(23)18-11-7-10-5-4-6-12-14(10)20(8-11)16(24)19(12)9-13(21)22/h4-6,11H,7-9H2,1-3H3,(H,18,23)(H,21,22). The molecule has 1 unspecified atom stereocenters. The zero-order valence-corrected chi connectivity index (χ0v) is 14.4. The van der Waals surface area contributed by atoms with Gasteiger partial charge in [0.05, 0.1) is 17.1 Å². The highest BCUT2D eigenvalue weighted by Crippen LogP contribution is 2.24. The third kappa shape index (κ3) is 3.38. The summed E-state index contributed by atoms with van der Waals surface area (Å²) in [4.78, 5) is 35.7. The van der Waals surface area contributed by atoms with Crippen LogP contribution < -0.4 is 11.0 Å². The Hall–Kier alpha value is -2.77. The molecule has 2 heterocycles. The van der Waals surface area contributed by atoms with E-state index in [0.29, 0.717) is 11.9 Å². The van der Waals surface area contributed by atoms with Crippen LogP contribution in [0.15, 0.2) is 23.0 Å². The Balaban J connectivity index is 1.92. The molecular formula is C17H21N3O5. The highest BCUT2D eigenvalue weighted by atomic mass is 16.6. The molecule has 134 valence electrons. The van der Waals surface area contributed by atoms with E-state index in [1.54, 1.807) is 32.9 Å². The molecule has 0 aliphatic carbocycles. The summed E-state index contributed by atoms with van der Waals surface area (Å²) in [5.74, 6) is -1.07. The van der Waals surface area contributed by atoms with Crippen molar-refractivity contribution in [2.45, 2.75) is 51.9 Å². The number of hydrogen-bond acceptors (Lipinski definition) is 4. The van der Waals surface area contributed by atoms with E-state index < -0.39 is 24.2 Å². The summed E-state index contributed by atoms with van der Waals surface area (Å²) < 4.78 is 8.04. The number of hydrogen-bond donors (Lipinski definition) is 2. The van der Waals surface area contributed by atoms with E-state index in [-0.39, 0.29) is 18.3 Å². The molecule has 1 aromatic carbocycles. The van der Waals surface area contributed by atoms with Gasteiger partial charge < -0.3 is 15.2 Å². The number of alkyl carbamates (subject to hydrolysis) is 1. The first-order valence-electron chi connectivity index (χ1n) is 8.08. The Bertz CT molecular complexity index is 903. The fraction of sp³-hybridized carbons (Fsp3) is 0.471. The first kappa shape index (κ1) is 17.1. The van der Waals surface area contributed by atoms with E-state index >= 15 is 0 Å². The van der Waals surface area contributed by atoms with Gasteiger partial charge in [0.15, 0.2) is 0 Å². The second kappa shape index (κ2) is 5.94. The Labute approximate surface area is 144 Å². The van der Waals surface area contributed by atoms with E-state index in [1.807, 2.05) is 6.07 Å². The summed E-state index contributed by atoms with van der Waals surface area (Å²) in [6.07, 6.45) is 0.0127. The molecule has 8 heteroatoms. The molecule has 3 rings (SSSR count). The van der Waals surface area contributed by atoms with Crippen LogP contribution >= 0.6 is 0 Å². The van der Waals surface area contributed by atoms with Gasteiger partial charge in [-0.15, -0.1) is 0 Å². The summed E-state index contributed by atoms with van der Waals surface area (Å²) in [6, 6.07) is 5.11. The molecule has 0 spiro atoms. The number of carboxylic acids is 1. The third-order valence-electron chi connectivity index (χ3n) is 4.00. The topological polar surface area (TPSA) is 103 Å². The van der Waals surface area contributed by atoms with Crippen molar-refractivity contribution in [3.8, 4) is 0 Å². The minimum Gasteiger partial charge on any atom is -0.480 e. The minimum atomic E-state index is -1.07. The quantitative estimate of drug-likeness (QED) is 0.872. The highest BCUT2D eigenvalue weighted by molar-refractivity contribution is 5.82. The van der Waals surface area contributed by atoms with E-state index in [4.69, 9.17) is 9.84 Å². The predicted octanol–water partition coefficient (Wildman–Crippen LogP) is 1.34. The van der Waals surface area contributed by atoms with Crippen molar-refractivity contribution >= 4 is 23.1 Å². The minimum absolute atomic E-state index is 0.276. The molecule has 0 bridgehead atoms. The number of amides is 1. The molecule has 25 heavy (non-hydrogen) atoms. The second-order valence-corrected chi connectivity index (χ2v) is 7.21. The van der Waals surface area contributed by atoms with Crippen molar-refractivity contribution in [1.29, 1.82) is 0 Å². The van der Waals surface area contributed by atoms with E-state index in [0.717, 1.165) is 11.1 Å². The molecule has 0 radical (unpaired) electrons. The van der Waals surface area contributed by atoms with Crippen LogP contribution in [0.4, 0.5) is 4.79 Å². The SMILES string of the molecule is CC(C)(C)OC(=O)NC1Cc2cccc3c2n(c(=O)n3CC(=O)O)C1. The van der Waals surface area contributed by atoms with Crippen LogP contribution in [-0.4, -0.2) is 37.9 Å². The summed E-state index contributed by atoms with van der Waals surface area (Å²) in [7, 11) is 0. The van der Waals surface area contributed by atoms with E-state index in [1.165, 1.54) is 9.13 Å². The Morgan fingerprint density at radius 2 is 2.08 bits per heavy atom. The van der Waals surface area contributed by atoms with Gasteiger partial charge in [-0.25, -0.2) is 9.59 Å². The molecule has 1 aromatic heterocycles. The van der Waals surface area contributed by atoms with E-state index in [9.17, 15) is 14.4 Å². The first-order valence-corrected chi connectivity index (χ1v) is 8.08. The lowest BCUT2D eigenvalue weighted by molar-refractivity contribution is -0.137. The van der Waals surface area contributed by atoms with Crippen molar-refractivity contribution < 1.29 is 19.4 Å². The van der Waals surface area contributed by atoms with Crippen LogP contribution in [0, 0.1) is 0 Å². The molecule has 0 saturated heterocycles. The summed E-state index contributed by atoms with van der Waals surface area (Å²) in [5, 5.41) is 11.8. The molecule has 8 nitrogen and oxygen atoms in total. The molecule has 0 saturated carbocycles. The van der Waals surface area contributed by atoms with Crippen molar-refractivity contribution in [3.05, 3.63) is 34.2 Å². The number of ether oxygens (including phenoxy) is 1. The molecule has 0 fully saturated rings. The number of benzene rings is 1. The number of rotatable bonds is 3. The van der Waals surface area contributed by atoms with Gasteiger partial charge in [0, 0.05) is 6.54 Å². The summed E-state index contributed by atoms with van der Waals surface area (Å²) >= 11 is 0. The van der Waals surface area contributed by atoms with Crippen molar-refractivity contribution in [2.24, 2.45) is 0 Å². The van der Waals surface area contributed by atoms with Gasteiger partial charge in [-0.1, -0.05) is 12.1 Å². The molecule has 1 amide bonds. The summed E-state index contributed by atoms with van der Waals surface area (Å²) in [5.41, 5.74) is 1.23. The zero-order chi connectivity index (χ0) is 18.4. The lowest BCUT2D eigenvalue weighted by atomic mass is 10.0. The largest absolute Gasteiger partial charge is 0.480 e. The molecular weight excluding hydrogens is 326 g/mol. The van der Waals surface area contributed by atoms with Gasteiger partial charge in [-0.05, 0) is 38.8 Å². The van der Waals surface area contributed by atoms with Crippen LogP contribution in [0.3, 0.4) is 0 Å². The number of nitrogens with one attached hydrogen (secondary N) is 1. The number of nitrogens with zero attached hydrogens (tertiary/aromatic N) is 2. The second-order valence-electron chi connectivity index (χ2n) is 7.21. The number of imidazole rings is 1. The van der Waals surface area contributed by atoms with Crippen molar-refractivity contribution in [2.75, 3.05) is 0 Å². The van der Waals surface area contributed by atoms with Gasteiger partial charge >= 0.3 is 17.8 Å². The summed E-state index contributed by atoms with van der Waals surface area (Å²) in [6.45, 7) is 5.22. The monoisotopic (exact) mass is 347 g/mol. The van der Waals surface area contributed by atoms with Crippen molar-refractivity contribution in [1.82, 2.24) is 14.5 Å². The molecule has 2 N–H and O–H groups in total. The molecule has 1 aliphatic rings. The number of aliphatic carboxylic acids is 1. The maximum absolute atomic E-state index is 12.6. The Morgan fingerprint density at radius 3 is 2.72 bits per heavy atom. The number of carbonyl (C=O) groups excluding carboxylic acids is 1. The Kier molecular flexibility index (Phi) is 4.06. The van der Waals surface area contributed by atoms with Gasteiger partial charge in [-0.3, -0.25) is 13.9 Å². The van der Waals surface area contributed by atoms with Crippen LogP contribution in [0.2, 0.25) is 0 Å². The maximum atomic E-state index is 12.6. The normalized spacial score (nSPS) is 16.7. The fourth-order valence-electron chi connectivity index (χ4n) is 3.20. The predicted molar refractivity (Wildman–Crippen MR) is 90.7 cm³/mol. The molecule has 1 aliphatic heterocycles. The van der Waals surface area contributed by atoms with Crippen LogP contribution in [0.1, 0.15) is 26.3 Å². The average molecular weight is 347 g/mol. The lowest BCUT2D eigenvalue weighted by Crippen LogP contribution is -2.45. The number of para-hydroxylation sites is 1. The molecule has 1 atom stereocenters. The smallest absolute Gasteiger partial charge is 0.407 e. The van der Waals surface area contributed by atoms with Crippen LogP contribution in [-0.2, 0) is 29.0 Å². The van der Waals surface area contributed by atoms with Gasteiger partial charge in [0.1, 0.15) is 12.1 Å². The van der Waals surface area contributed by atoms with Crippen molar-refractivity contribution in [3.63, 3.8) is 0 Å². The first-order chi connectivity index (χ1) is 11.7. The molecule has 2 aromatic rings. The van der Waals surface area contributed by atoms with Crippen LogP contribution in [0.25, 0.3) is 11.0 Å². The maximum Gasteiger partial charge on any atom is 0.407 e.